The van der Waals surface area contributed by atoms with Crippen LogP contribution in [0.5, 0.6) is 0 Å². The van der Waals surface area contributed by atoms with E-state index >= 15 is 0 Å². The van der Waals surface area contributed by atoms with Crippen LogP contribution >= 0.6 is 11.3 Å². The minimum atomic E-state index is 0.970. The molecular weight excluding hydrogens is 468 g/mol. The van der Waals surface area contributed by atoms with Crippen LogP contribution in [0.15, 0.2) is 121 Å². The molecule has 0 radical (unpaired) electrons. The van der Waals surface area contributed by atoms with Crippen molar-refractivity contribution in [2.75, 3.05) is 0 Å². The number of hydrogen-bond donors (Lipinski definition) is 0. The van der Waals surface area contributed by atoms with Crippen LogP contribution in [0.1, 0.15) is 0 Å². The second-order valence-electron chi connectivity index (χ2n) is 9.41. The first-order chi connectivity index (χ1) is 18.3. The molecule has 5 aromatic carbocycles. The van der Waals surface area contributed by atoms with E-state index in [1.807, 2.05) is 23.5 Å². The molecule has 0 saturated heterocycles. The topological polar surface area (TPSA) is 25.8 Å². The summed E-state index contributed by atoms with van der Waals surface area (Å²) in [7, 11) is 0. The molecule has 0 aliphatic rings. The van der Waals surface area contributed by atoms with Crippen LogP contribution in [0.25, 0.3) is 75.3 Å². The van der Waals surface area contributed by atoms with Crippen LogP contribution in [0, 0.1) is 0 Å². The van der Waals surface area contributed by atoms with Gasteiger partial charge in [-0.3, -0.25) is 0 Å². The normalized spacial score (nSPS) is 11.8. The van der Waals surface area contributed by atoms with E-state index in [4.69, 9.17) is 9.97 Å². The van der Waals surface area contributed by atoms with Crippen molar-refractivity contribution in [2.45, 2.75) is 0 Å². The van der Waals surface area contributed by atoms with Gasteiger partial charge in [-0.05, 0) is 30.3 Å². The van der Waals surface area contributed by atoms with Gasteiger partial charge in [0.15, 0.2) is 0 Å². The zero-order valence-corrected chi connectivity index (χ0v) is 20.7. The summed E-state index contributed by atoms with van der Waals surface area (Å²) in [4.78, 5) is 10.1. The Kier molecular flexibility index (Phi) is 4.42. The number of hydrogen-bond acceptors (Lipinski definition) is 3. The van der Waals surface area contributed by atoms with Crippen molar-refractivity contribution in [3.63, 3.8) is 0 Å². The Bertz CT molecular complexity index is 2160. The molecule has 172 valence electrons. The van der Waals surface area contributed by atoms with Crippen LogP contribution in [-0.2, 0) is 0 Å². The Balaban J connectivity index is 1.41. The van der Waals surface area contributed by atoms with Gasteiger partial charge in [-0.25, -0.2) is 9.97 Å². The van der Waals surface area contributed by atoms with Crippen LogP contribution in [0.3, 0.4) is 0 Å². The minimum Gasteiger partial charge on any atom is -0.248 e. The maximum atomic E-state index is 5.20. The van der Waals surface area contributed by atoms with Crippen LogP contribution in [0.4, 0.5) is 0 Å². The Morgan fingerprint density at radius 2 is 1.24 bits per heavy atom. The van der Waals surface area contributed by atoms with E-state index in [0.29, 0.717) is 0 Å². The smallest absolute Gasteiger partial charge is 0.0788 e. The molecule has 0 aliphatic carbocycles. The lowest BCUT2D eigenvalue weighted by molar-refractivity contribution is 1.39. The van der Waals surface area contributed by atoms with Gasteiger partial charge in [0.05, 0.1) is 22.4 Å². The summed E-state index contributed by atoms with van der Waals surface area (Å²) in [6.45, 7) is 0. The predicted molar refractivity (Wildman–Crippen MR) is 158 cm³/mol. The lowest BCUT2D eigenvalue weighted by Crippen LogP contribution is -1.91. The third kappa shape index (κ3) is 3.18. The molecular formula is C34H20N2S. The Morgan fingerprint density at radius 3 is 2.19 bits per heavy atom. The zero-order chi connectivity index (χ0) is 24.3. The van der Waals surface area contributed by atoms with Gasteiger partial charge in [0.1, 0.15) is 0 Å². The van der Waals surface area contributed by atoms with Crippen LogP contribution in [0.2, 0.25) is 0 Å². The quantitative estimate of drug-likeness (QED) is 0.226. The molecule has 0 saturated carbocycles. The van der Waals surface area contributed by atoms with Crippen molar-refractivity contribution in [3.8, 4) is 22.5 Å². The van der Waals surface area contributed by atoms with E-state index in [9.17, 15) is 0 Å². The number of nitrogens with zero attached hydrogens (tertiary/aromatic N) is 2. The third-order valence-corrected chi connectivity index (χ3v) is 8.44. The highest BCUT2D eigenvalue weighted by Crippen LogP contribution is 2.43. The van der Waals surface area contributed by atoms with Gasteiger partial charge in [-0.15, -0.1) is 11.3 Å². The molecule has 0 atom stereocenters. The van der Waals surface area contributed by atoms with E-state index in [-0.39, 0.29) is 0 Å². The molecule has 0 amide bonds. The molecule has 3 heteroatoms. The third-order valence-electron chi connectivity index (χ3n) is 7.24. The van der Waals surface area contributed by atoms with E-state index in [1.54, 1.807) is 0 Å². The maximum absolute atomic E-state index is 5.20. The molecule has 8 rings (SSSR count). The number of thiophene rings is 1. The number of fused-ring (bicyclic) bond motifs is 8. The summed E-state index contributed by atoms with van der Waals surface area (Å²) in [5, 5.41) is 7.44. The summed E-state index contributed by atoms with van der Waals surface area (Å²) in [6.07, 6.45) is 0. The molecule has 0 unspecified atom stereocenters. The molecule has 37 heavy (non-hydrogen) atoms. The van der Waals surface area contributed by atoms with Gasteiger partial charge in [0.2, 0.25) is 0 Å². The molecule has 0 spiro atoms. The predicted octanol–water partition coefficient (Wildman–Crippen LogP) is 9.64. The molecule has 3 aromatic heterocycles. The summed E-state index contributed by atoms with van der Waals surface area (Å²) >= 11 is 1.87. The number of pyridine rings is 2. The standard InChI is InChI=1S/C34H20N2S/c1-4-13-28-21(8-1)16-19-29(35-28)22-9-7-10-23(20-22)33-27-18-17-25-24-11-3-6-15-31(24)37-34(25)32(27)26-12-2-5-14-30(26)36-33/h1-20H. The minimum absolute atomic E-state index is 0.970. The lowest BCUT2D eigenvalue weighted by Gasteiger charge is -2.12. The van der Waals surface area contributed by atoms with E-state index in [2.05, 4.69) is 109 Å². The Morgan fingerprint density at radius 1 is 0.486 bits per heavy atom. The first kappa shape index (κ1) is 20.6. The average molecular weight is 489 g/mol. The number of rotatable bonds is 2. The highest BCUT2D eigenvalue weighted by atomic mass is 32.1. The zero-order valence-electron chi connectivity index (χ0n) is 19.8. The molecule has 3 heterocycles. The highest BCUT2D eigenvalue weighted by Gasteiger charge is 2.16. The summed E-state index contributed by atoms with van der Waals surface area (Å²) < 4.78 is 2.64. The number of para-hydroxylation sites is 2. The number of aromatic nitrogens is 2. The molecule has 0 bridgehead atoms. The van der Waals surface area contributed by atoms with Crippen molar-refractivity contribution in [3.05, 3.63) is 121 Å². The summed E-state index contributed by atoms with van der Waals surface area (Å²) in [5.74, 6) is 0. The van der Waals surface area contributed by atoms with Crippen molar-refractivity contribution < 1.29 is 0 Å². The molecule has 8 aromatic rings. The Hall–Kier alpha value is -4.60. The van der Waals surface area contributed by atoms with Gasteiger partial charge in [0, 0.05) is 52.8 Å². The van der Waals surface area contributed by atoms with Gasteiger partial charge in [0.25, 0.3) is 0 Å². The fraction of sp³-hybridized carbons (Fsp3) is 0. The van der Waals surface area contributed by atoms with Gasteiger partial charge in [-0.2, -0.15) is 0 Å². The first-order valence-corrected chi connectivity index (χ1v) is 13.2. The second kappa shape index (κ2) is 7.95. The summed E-state index contributed by atoms with van der Waals surface area (Å²) in [5.41, 5.74) is 6.20. The van der Waals surface area contributed by atoms with E-state index in [1.165, 1.54) is 36.3 Å². The van der Waals surface area contributed by atoms with Crippen LogP contribution < -0.4 is 0 Å². The summed E-state index contributed by atoms with van der Waals surface area (Å²) in [6, 6.07) is 42.9. The second-order valence-corrected chi connectivity index (χ2v) is 10.5. The SMILES string of the molecule is c1cc(-c2ccc3ccccc3n2)cc(-c2nc3ccccc3c3c2ccc2c4ccccc4sc23)c1. The molecule has 0 N–H and O–H groups in total. The fourth-order valence-corrected chi connectivity index (χ4v) is 6.75. The lowest BCUT2D eigenvalue weighted by atomic mass is 9.97. The van der Waals surface area contributed by atoms with E-state index < -0.39 is 0 Å². The Labute approximate surface area is 217 Å². The highest BCUT2D eigenvalue weighted by molar-refractivity contribution is 7.26. The first-order valence-electron chi connectivity index (χ1n) is 12.4. The molecule has 2 nitrogen and oxygen atoms in total. The molecule has 0 fully saturated rings. The van der Waals surface area contributed by atoms with E-state index in [0.717, 1.165) is 38.9 Å². The van der Waals surface area contributed by atoms with Gasteiger partial charge < -0.3 is 0 Å². The largest absolute Gasteiger partial charge is 0.248 e. The van der Waals surface area contributed by atoms with Crippen LogP contribution in [-0.4, -0.2) is 9.97 Å². The van der Waals surface area contributed by atoms with Gasteiger partial charge >= 0.3 is 0 Å². The van der Waals surface area contributed by atoms with Crippen molar-refractivity contribution >= 4 is 64.1 Å². The monoisotopic (exact) mass is 488 g/mol. The fourth-order valence-electron chi connectivity index (χ4n) is 5.49. The molecule has 0 aliphatic heterocycles. The average Bonchev–Trinajstić information content (AvgIpc) is 3.35. The maximum Gasteiger partial charge on any atom is 0.0788 e. The van der Waals surface area contributed by atoms with Crippen molar-refractivity contribution in [2.24, 2.45) is 0 Å². The van der Waals surface area contributed by atoms with Crippen molar-refractivity contribution in [1.29, 1.82) is 0 Å². The van der Waals surface area contributed by atoms with Crippen molar-refractivity contribution in [1.82, 2.24) is 9.97 Å². The van der Waals surface area contributed by atoms with Gasteiger partial charge in [-0.1, -0.05) is 91.0 Å². The number of benzene rings is 5.